The van der Waals surface area contributed by atoms with E-state index in [0.717, 1.165) is 31.6 Å². The van der Waals surface area contributed by atoms with Crippen LogP contribution in [0.25, 0.3) is 11.0 Å². The second-order valence-corrected chi connectivity index (χ2v) is 8.54. The van der Waals surface area contributed by atoms with Crippen LogP contribution in [0.5, 0.6) is 11.5 Å². The molecule has 0 fully saturated rings. The molecule has 1 N–H and O–H groups in total. The van der Waals surface area contributed by atoms with Crippen molar-refractivity contribution in [3.05, 3.63) is 69.6 Å². The van der Waals surface area contributed by atoms with Gasteiger partial charge in [-0.1, -0.05) is 25.1 Å². The van der Waals surface area contributed by atoms with E-state index in [-0.39, 0.29) is 17.1 Å². The van der Waals surface area contributed by atoms with Gasteiger partial charge in [0.2, 0.25) is 5.76 Å². The number of nitrogens with one attached hydrogen (secondary N) is 1. The highest BCUT2D eigenvalue weighted by molar-refractivity contribution is 5.99. The zero-order valence-electron chi connectivity index (χ0n) is 20.3. The number of fused-ring (bicyclic) bond motifs is 2. The number of rotatable bonds is 10. The maximum absolute atomic E-state index is 13.6. The first-order valence-corrected chi connectivity index (χ1v) is 12.0. The molecule has 4 rings (SSSR count). The molecule has 0 aliphatic carbocycles. The summed E-state index contributed by atoms with van der Waals surface area (Å²) in [5.74, 6) is 1.10. The van der Waals surface area contributed by atoms with Crippen LogP contribution in [0.15, 0.2) is 51.7 Å². The fourth-order valence-electron chi connectivity index (χ4n) is 4.61. The Morgan fingerprint density at radius 1 is 1.03 bits per heavy atom. The molecule has 2 heterocycles. The summed E-state index contributed by atoms with van der Waals surface area (Å²) in [6.07, 6.45) is 0.880. The van der Waals surface area contributed by atoms with Gasteiger partial charge in [-0.25, -0.2) is 0 Å². The Balaban J connectivity index is 1.84. The van der Waals surface area contributed by atoms with Crippen LogP contribution in [0.4, 0.5) is 0 Å². The molecule has 3 aromatic rings. The van der Waals surface area contributed by atoms with Gasteiger partial charge < -0.3 is 23.7 Å². The standard InChI is InChI=1S/C27H32N2O5/c1-5-16-33-21-13-12-18(17-22(21)32-4)24-23-25(30)19-10-8-9-11-20(19)34-26(23)27(31)29(24)15-14-28(6-2)7-3/h8-13,17,24H,5-7,14-16H2,1-4H3/p+1/t24-/m1/s1. The number of methoxy groups -OCH3 is 1. The highest BCUT2D eigenvalue weighted by Crippen LogP contribution is 2.40. The molecule has 7 nitrogen and oxygen atoms in total. The number of nitrogens with zero attached hydrogens (tertiary/aromatic N) is 1. The van der Waals surface area contributed by atoms with E-state index in [4.69, 9.17) is 13.9 Å². The van der Waals surface area contributed by atoms with Crippen molar-refractivity contribution < 1.29 is 23.6 Å². The Hall–Kier alpha value is -3.32. The van der Waals surface area contributed by atoms with E-state index in [9.17, 15) is 9.59 Å². The maximum Gasteiger partial charge on any atom is 0.291 e. The molecule has 7 heteroatoms. The summed E-state index contributed by atoms with van der Waals surface area (Å²) in [5.41, 5.74) is 1.45. The molecule has 0 bridgehead atoms. The fraction of sp³-hybridized carbons (Fsp3) is 0.407. The van der Waals surface area contributed by atoms with Crippen LogP contribution in [0.1, 0.15) is 54.9 Å². The second-order valence-electron chi connectivity index (χ2n) is 8.54. The van der Waals surface area contributed by atoms with Gasteiger partial charge >= 0.3 is 0 Å². The Morgan fingerprint density at radius 3 is 2.50 bits per heavy atom. The lowest BCUT2D eigenvalue weighted by Gasteiger charge is -2.27. The van der Waals surface area contributed by atoms with E-state index < -0.39 is 6.04 Å². The van der Waals surface area contributed by atoms with Crippen molar-refractivity contribution in [1.29, 1.82) is 0 Å². The van der Waals surface area contributed by atoms with E-state index in [0.29, 0.717) is 41.2 Å². The predicted molar refractivity (Wildman–Crippen MR) is 131 cm³/mol. The predicted octanol–water partition coefficient (Wildman–Crippen LogP) is 3.06. The minimum atomic E-state index is -0.549. The van der Waals surface area contributed by atoms with Crippen LogP contribution in [-0.2, 0) is 0 Å². The lowest BCUT2D eigenvalue weighted by Crippen LogP contribution is -3.12. The van der Waals surface area contributed by atoms with Crippen molar-refractivity contribution in [2.45, 2.75) is 33.2 Å². The molecule has 0 unspecified atom stereocenters. The Bertz CT molecular complexity index is 1230. The molecule has 1 amide bonds. The van der Waals surface area contributed by atoms with Gasteiger partial charge in [-0.2, -0.15) is 0 Å². The first-order valence-electron chi connectivity index (χ1n) is 12.0. The summed E-state index contributed by atoms with van der Waals surface area (Å²) in [6, 6.07) is 12.2. The van der Waals surface area contributed by atoms with Gasteiger partial charge in [-0.3, -0.25) is 9.59 Å². The smallest absolute Gasteiger partial charge is 0.291 e. The van der Waals surface area contributed by atoms with Gasteiger partial charge in [-0.05, 0) is 50.1 Å². The van der Waals surface area contributed by atoms with Crippen molar-refractivity contribution in [3.8, 4) is 11.5 Å². The van der Waals surface area contributed by atoms with E-state index in [1.165, 1.54) is 4.90 Å². The molecular weight excluding hydrogens is 432 g/mol. The molecule has 0 radical (unpaired) electrons. The third kappa shape index (κ3) is 4.28. The fourth-order valence-corrected chi connectivity index (χ4v) is 4.61. The van der Waals surface area contributed by atoms with Crippen LogP contribution >= 0.6 is 0 Å². The number of quaternary nitrogens is 1. The third-order valence-electron chi connectivity index (χ3n) is 6.54. The quantitative estimate of drug-likeness (QED) is 0.498. The van der Waals surface area contributed by atoms with Crippen molar-refractivity contribution >= 4 is 16.9 Å². The molecule has 0 saturated heterocycles. The average Bonchev–Trinajstić information content (AvgIpc) is 3.15. The lowest BCUT2D eigenvalue weighted by atomic mass is 9.98. The summed E-state index contributed by atoms with van der Waals surface area (Å²) in [4.78, 5) is 30.3. The number of hydrogen-bond donors (Lipinski definition) is 1. The van der Waals surface area contributed by atoms with E-state index in [1.807, 2.05) is 31.2 Å². The minimum Gasteiger partial charge on any atom is -0.493 e. The van der Waals surface area contributed by atoms with Crippen LogP contribution in [0, 0.1) is 0 Å². The first-order chi connectivity index (χ1) is 16.5. The molecule has 0 saturated carbocycles. The van der Waals surface area contributed by atoms with Gasteiger partial charge in [0.05, 0.1) is 56.9 Å². The highest BCUT2D eigenvalue weighted by Gasteiger charge is 2.43. The normalized spacial score (nSPS) is 15.3. The number of amides is 1. The zero-order chi connectivity index (χ0) is 24.2. The van der Waals surface area contributed by atoms with E-state index in [1.54, 1.807) is 30.2 Å². The van der Waals surface area contributed by atoms with E-state index >= 15 is 0 Å². The Kier molecular flexibility index (Phi) is 7.22. The molecule has 180 valence electrons. The van der Waals surface area contributed by atoms with Crippen LogP contribution in [-0.4, -0.2) is 50.7 Å². The molecule has 34 heavy (non-hydrogen) atoms. The number of likely N-dealkylation sites (N-methyl/N-ethyl adjacent to an activating group) is 1. The molecular formula is C27H33N2O5+. The van der Waals surface area contributed by atoms with E-state index in [2.05, 4.69) is 13.8 Å². The summed E-state index contributed by atoms with van der Waals surface area (Å²) < 4.78 is 17.4. The molecule has 0 spiro atoms. The van der Waals surface area contributed by atoms with Crippen LogP contribution < -0.4 is 19.8 Å². The summed E-state index contributed by atoms with van der Waals surface area (Å²) >= 11 is 0. The van der Waals surface area contributed by atoms with Crippen molar-refractivity contribution in [3.63, 3.8) is 0 Å². The van der Waals surface area contributed by atoms with Crippen LogP contribution in [0.3, 0.4) is 0 Å². The summed E-state index contributed by atoms with van der Waals surface area (Å²) in [6.45, 7) is 10.1. The van der Waals surface area contributed by atoms with Crippen molar-refractivity contribution in [1.82, 2.24) is 4.90 Å². The second kappa shape index (κ2) is 10.3. The number of benzene rings is 2. The number of carbonyl (C=O) groups is 1. The Labute approximate surface area is 199 Å². The highest BCUT2D eigenvalue weighted by atomic mass is 16.5. The van der Waals surface area contributed by atoms with Gasteiger partial charge in [-0.15, -0.1) is 0 Å². The Morgan fingerprint density at radius 2 is 1.79 bits per heavy atom. The van der Waals surface area contributed by atoms with Crippen molar-refractivity contribution in [2.24, 2.45) is 0 Å². The molecule has 1 aliphatic heterocycles. The average molecular weight is 466 g/mol. The van der Waals surface area contributed by atoms with Crippen molar-refractivity contribution in [2.75, 3.05) is 39.9 Å². The minimum absolute atomic E-state index is 0.133. The zero-order valence-corrected chi connectivity index (χ0v) is 20.3. The maximum atomic E-state index is 13.6. The summed E-state index contributed by atoms with van der Waals surface area (Å²) in [7, 11) is 1.59. The number of carbonyl (C=O) groups excluding carboxylic acids is 1. The summed E-state index contributed by atoms with van der Waals surface area (Å²) in [5, 5.41) is 0.477. The van der Waals surface area contributed by atoms with Gasteiger partial charge in [0.1, 0.15) is 5.58 Å². The molecule has 1 aliphatic rings. The number of ether oxygens (including phenoxy) is 2. The monoisotopic (exact) mass is 465 g/mol. The van der Waals surface area contributed by atoms with Gasteiger partial charge in [0.15, 0.2) is 16.9 Å². The number of para-hydroxylation sites is 1. The largest absolute Gasteiger partial charge is 0.493 e. The third-order valence-corrected chi connectivity index (χ3v) is 6.54. The SMILES string of the molecule is CCCOc1ccc([C@@H]2c3c(oc4ccccc4c3=O)C(=O)N2CC[NH+](CC)CC)cc1OC. The first kappa shape index (κ1) is 23.8. The molecule has 1 aromatic heterocycles. The van der Waals surface area contributed by atoms with Gasteiger partial charge in [0, 0.05) is 0 Å². The molecule has 1 atom stereocenters. The topological polar surface area (TPSA) is 73.4 Å². The number of hydrogen-bond acceptors (Lipinski definition) is 5. The lowest BCUT2D eigenvalue weighted by molar-refractivity contribution is -0.895. The van der Waals surface area contributed by atoms with Crippen LogP contribution in [0.2, 0.25) is 0 Å². The molecule has 2 aromatic carbocycles. The van der Waals surface area contributed by atoms with Gasteiger partial charge in [0.25, 0.3) is 5.91 Å².